The van der Waals surface area contributed by atoms with Gasteiger partial charge < -0.3 is 11.2 Å². The summed E-state index contributed by atoms with van der Waals surface area (Å²) in [6.45, 7) is 0. The molecule has 2 aromatic carbocycles. The van der Waals surface area contributed by atoms with Crippen LogP contribution in [-0.4, -0.2) is 12.2 Å². The van der Waals surface area contributed by atoms with E-state index in [1.165, 1.54) is 17.5 Å². The molecule has 0 atom stereocenters. The Hall–Kier alpha value is -2.66. The Balaban J connectivity index is 2.06. The average Bonchev–Trinajstić information content (AvgIpc) is 3.05. The summed E-state index contributed by atoms with van der Waals surface area (Å²) in [4.78, 5) is 11.9. The maximum Gasteiger partial charge on any atom is 0.256 e. The van der Waals surface area contributed by atoms with Crippen molar-refractivity contribution in [2.24, 2.45) is 10.9 Å². The fraction of sp³-hybridized carbons (Fsp3) is 0. The Morgan fingerprint density at radius 2 is 2.14 bits per heavy atom. The van der Waals surface area contributed by atoms with Crippen molar-refractivity contribution >= 4 is 34.4 Å². The van der Waals surface area contributed by atoms with Crippen LogP contribution >= 0.6 is 11.3 Å². The lowest BCUT2D eigenvalue weighted by molar-refractivity contribution is 0.0978. The molecule has 1 heterocycles. The number of hydrazone groups is 1. The first-order chi connectivity index (χ1) is 10.3. The maximum absolute atomic E-state index is 11.9. The first-order valence-corrected chi connectivity index (χ1v) is 7.32. The maximum atomic E-state index is 11.9. The fourth-order valence-corrected chi connectivity index (χ4v) is 2.93. The Kier molecular flexibility index (Phi) is 3.66. The summed E-state index contributed by atoms with van der Waals surface area (Å²) in [6.07, 6.45) is 1.17. The number of amides is 1. The second kappa shape index (κ2) is 5.76. The third kappa shape index (κ3) is 2.64. The Morgan fingerprint density at radius 3 is 2.90 bits per heavy atom. The molecule has 0 aliphatic carbocycles. The molecule has 3 N–H and O–H groups in total. The highest BCUT2D eigenvalue weighted by Gasteiger charge is 2.08. The van der Waals surface area contributed by atoms with Crippen LogP contribution in [0.15, 0.2) is 58.3 Å². The van der Waals surface area contributed by atoms with Crippen LogP contribution in [0.2, 0.25) is 0 Å². The summed E-state index contributed by atoms with van der Waals surface area (Å²) in [5.74, 6) is 4.75. The average molecular weight is 295 g/mol. The molecular formula is C16H13N3OS. The van der Waals surface area contributed by atoms with Gasteiger partial charge in [-0.1, -0.05) is 24.3 Å². The van der Waals surface area contributed by atoms with Crippen molar-refractivity contribution in [3.05, 3.63) is 58.8 Å². The molecule has 3 rings (SSSR count). The normalized spacial score (nSPS) is 11.0. The van der Waals surface area contributed by atoms with E-state index in [1.807, 2.05) is 24.3 Å². The number of hydrogen-bond acceptors (Lipinski definition) is 4. The number of nitrogens with zero attached hydrogens (tertiary/aromatic N) is 1. The van der Waals surface area contributed by atoms with E-state index in [2.05, 4.69) is 33.3 Å². The summed E-state index contributed by atoms with van der Waals surface area (Å²) < 4.78 is 0. The number of hydrogen-bond donors (Lipinski definition) is 2. The van der Waals surface area contributed by atoms with Crippen molar-refractivity contribution in [3.63, 3.8) is 0 Å². The number of carbonyl (C=O) groups excluding carboxylic acids is 1. The van der Waals surface area contributed by atoms with Gasteiger partial charge in [0.25, 0.3) is 5.91 Å². The summed E-state index contributed by atoms with van der Waals surface area (Å²) in [6, 6.07) is 13.8. The molecule has 0 radical (unpaired) electrons. The van der Waals surface area contributed by atoms with Gasteiger partial charge in [0.2, 0.25) is 0 Å². The van der Waals surface area contributed by atoms with Crippen molar-refractivity contribution in [2.45, 2.75) is 0 Å². The van der Waals surface area contributed by atoms with Crippen LogP contribution in [0, 0.1) is 0 Å². The number of nitrogens with one attached hydrogen (secondary N) is 1. The second-order valence-corrected chi connectivity index (χ2v) is 5.29. The van der Waals surface area contributed by atoms with Gasteiger partial charge >= 0.3 is 0 Å². The van der Waals surface area contributed by atoms with Crippen LogP contribution < -0.4 is 11.2 Å². The Labute approximate surface area is 125 Å². The van der Waals surface area contributed by atoms with Gasteiger partial charge in [-0.25, -0.2) is 0 Å². The minimum atomic E-state index is -0.230. The lowest BCUT2D eigenvalue weighted by atomic mass is 9.98. The molecule has 0 bridgehead atoms. The third-order valence-electron chi connectivity index (χ3n) is 3.24. The van der Waals surface area contributed by atoms with Gasteiger partial charge in [0.15, 0.2) is 0 Å². The number of nitrogens with two attached hydrogens (primary N) is 1. The Bertz CT molecular complexity index is 810. The van der Waals surface area contributed by atoms with E-state index < -0.39 is 0 Å². The zero-order valence-electron chi connectivity index (χ0n) is 11.1. The summed E-state index contributed by atoms with van der Waals surface area (Å²) >= 11 is 1.67. The smallest absolute Gasteiger partial charge is 0.256 e. The number of benzene rings is 2. The predicted molar refractivity (Wildman–Crippen MR) is 87.4 cm³/mol. The SMILES string of the molecule is N/N=C/NC(=O)c1ccc2c(-c3ccsc3)cccc2c1. The summed E-state index contributed by atoms with van der Waals surface area (Å²) in [5.41, 5.74) is 2.94. The monoisotopic (exact) mass is 295 g/mol. The molecule has 0 aliphatic rings. The van der Waals surface area contributed by atoms with E-state index in [-0.39, 0.29) is 5.91 Å². The van der Waals surface area contributed by atoms with Crippen molar-refractivity contribution in [1.82, 2.24) is 5.32 Å². The van der Waals surface area contributed by atoms with E-state index in [9.17, 15) is 4.79 Å². The molecule has 4 nitrogen and oxygen atoms in total. The van der Waals surface area contributed by atoms with Crippen molar-refractivity contribution in [2.75, 3.05) is 0 Å². The molecule has 1 amide bonds. The number of carbonyl (C=O) groups is 1. The van der Waals surface area contributed by atoms with Gasteiger partial charge in [-0.3, -0.25) is 4.79 Å². The van der Waals surface area contributed by atoms with Crippen LogP contribution in [0.1, 0.15) is 10.4 Å². The highest BCUT2D eigenvalue weighted by atomic mass is 32.1. The zero-order valence-corrected chi connectivity index (χ0v) is 11.9. The molecule has 0 fully saturated rings. The van der Waals surface area contributed by atoms with Crippen molar-refractivity contribution in [1.29, 1.82) is 0 Å². The van der Waals surface area contributed by atoms with Gasteiger partial charge in [-0.05, 0) is 50.9 Å². The fourth-order valence-electron chi connectivity index (χ4n) is 2.27. The van der Waals surface area contributed by atoms with E-state index in [0.717, 1.165) is 10.8 Å². The molecule has 5 heteroatoms. The molecule has 104 valence electrons. The van der Waals surface area contributed by atoms with Gasteiger partial charge in [0.05, 0.1) is 0 Å². The molecular weight excluding hydrogens is 282 g/mol. The van der Waals surface area contributed by atoms with E-state index in [0.29, 0.717) is 5.56 Å². The van der Waals surface area contributed by atoms with Crippen LogP contribution in [0.25, 0.3) is 21.9 Å². The van der Waals surface area contributed by atoms with Gasteiger partial charge in [-0.2, -0.15) is 16.4 Å². The number of fused-ring (bicyclic) bond motifs is 1. The lowest BCUT2D eigenvalue weighted by Crippen LogP contribution is -2.22. The molecule has 0 saturated carbocycles. The van der Waals surface area contributed by atoms with Gasteiger partial charge in [-0.15, -0.1) is 0 Å². The zero-order chi connectivity index (χ0) is 14.7. The first-order valence-electron chi connectivity index (χ1n) is 6.37. The van der Waals surface area contributed by atoms with Crippen LogP contribution in [-0.2, 0) is 0 Å². The topological polar surface area (TPSA) is 67.5 Å². The van der Waals surface area contributed by atoms with Crippen molar-refractivity contribution in [3.8, 4) is 11.1 Å². The molecule has 0 aliphatic heterocycles. The highest BCUT2D eigenvalue weighted by molar-refractivity contribution is 7.08. The molecule has 21 heavy (non-hydrogen) atoms. The number of thiophene rings is 1. The molecule has 3 aromatic rings. The first kappa shape index (κ1) is 13.3. The van der Waals surface area contributed by atoms with Crippen LogP contribution in [0.4, 0.5) is 0 Å². The molecule has 1 aromatic heterocycles. The Morgan fingerprint density at radius 1 is 1.24 bits per heavy atom. The molecule has 0 saturated heterocycles. The summed E-state index contributed by atoms with van der Waals surface area (Å²) in [5, 5.41) is 12.1. The minimum Gasteiger partial charge on any atom is -0.322 e. The largest absolute Gasteiger partial charge is 0.322 e. The van der Waals surface area contributed by atoms with Crippen LogP contribution in [0.5, 0.6) is 0 Å². The summed E-state index contributed by atoms with van der Waals surface area (Å²) in [7, 11) is 0. The van der Waals surface area contributed by atoms with Gasteiger partial charge in [0.1, 0.15) is 6.34 Å². The third-order valence-corrected chi connectivity index (χ3v) is 3.93. The van der Waals surface area contributed by atoms with Gasteiger partial charge in [0, 0.05) is 5.56 Å². The van der Waals surface area contributed by atoms with Crippen LogP contribution in [0.3, 0.4) is 0 Å². The quantitative estimate of drug-likeness (QED) is 0.337. The molecule has 0 spiro atoms. The van der Waals surface area contributed by atoms with E-state index in [1.54, 1.807) is 17.4 Å². The number of rotatable bonds is 3. The standard InChI is InChI=1S/C16H13N3OS/c17-19-10-18-16(20)12-4-5-15-11(8-12)2-1-3-14(15)13-6-7-21-9-13/h1-10H,17H2,(H,18,19,20). The second-order valence-electron chi connectivity index (χ2n) is 4.51. The molecule has 0 unspecified atom stereocenters. The minimum absolute atomic E-state index is 0.230. The van der Waals surface area contributed by atoms with Crippen molar-refractivity contribution < 1.29 is 4.79 Å². The lowest BCUT2D eigenvalue weighted by Gasteiger charge is -2.07. The van der Waals surface area contributed by atoms with E-state index in [4.69, 9.17) is 5.84 Å². The van der Waals surface area contributed by atoms with E-state index >= 15 is 0 Å². The highest BCUT2D eigenvalue weighted by Crippen LogP contribution is 2.30. The predicted octanol–water partition coefficient (Wildman–Crippen LogP) is 3.20.